The van der Waals surface area contributed by atoms with E-state index in [-0.39, 0.29) is 5.82 Å². The van der Waals surface area contributed by atoms with Crippen LogP contribution in [0.15, 0.2) is 18.2 Å². The highest BCUT2D eigenvalue weighted by Gasteiger charge is 2.15. The molecule has 1 aromatic carbocycles. The Balaban J connectivity index is 2.41. The van der Waals surface area contributed by atoms with Gasteiger partial charge in [0.2, 0.25) is 0 Å². The Morgan fingerprint density at radius 3 is 2.70 bits per heavy atom. The second-order valence-electron chi connectivity index (χ2n) is 4.85. The zero-order valence-electron chi connectivity index (χ0n) is 11.6. The molecule has 0 saturated carbocycles. The van der Waals surface area contributed by atoms with Crippen molar-refractivity contribution in [3.63, 3.8) is 0 Å². The first-order valence-electron chi connectivity index (χ1n) is 6.47. The zero-order chi connectivity index (χ0) is 14.4. The SMILES string of the molecule is CCn1nc(C)c2[nH]c(=S)n(-c3cc(C)cc(F)c3)c21. The highest BCUT2D eigenvalue weighted by molar-refractivity contribution is 7.71. The van der Waals surface area contributed by atoms with Crippen molar-refractivity contribution in [1.29, 1.82) is 0 Å². The first-order valence-corrected chi connectivity index (χ1v) is 6.87. The first kappa shape index (κ1) is 13.1. The summed E-state index contributed by atoms with van der Waals surface area (Å²) in [6, 6.07) is 4.90. The number of imidazole rings is 1. The van der Waals surface area contributed by atoms with Crippen LogP contribution in [-0.4, -0.2) is 19.3 Å². The van der Waals surface area contributed by atoms with Crippen molar-refractivity contribution in [2.24, 2.45) is 0 Å². The molecule has 0 atom stereocenters. The summed E-state index contributed by atoms with van der Waals surface area (Å²) in [5, 5.41) is 4.46. The number of nitrogens with one attached hydrogen (secondary N) is 1. The second-order valence-corrected chi connectivity index (χ2v) is 5.24. The monoisotopic (exact) mass is 290 g/mol. The van der Waals surface area contributed by atoms with Crippen LogP contribution in [0.25, 0.3) is 16.9 Å². The topological polar surface area (TPSA) is 38.5 Å². The van der Waals surface area contributed by atoms with Gasteiger partial charge in [-0.25, -0.2) is 9.07 Å². The van der Waals surface area contributed by atoms with Crippen LogP contribution in [-0.2, 0) is 6.54 Å². The van der Waals surface area contributed by atoms with Gasteiger partial charge in [-0.2, -0.15) is 5.10 Å². The lowest BCUT2D eigenvalue weighted by Crippen LogP contribution is -2.04. The lowest BCUT2D eigenvalue weighted by atomic mass is 10.2. The molecule has 0 radical (unpaired) electrons. The molecule has 1 N–H and O–H groups in total. The summed E-state index contributed by atoms with van der Waals surface area (Å²) in [7, 11) is 0. The van der Waals surface area contributed by atoms with Gasteiger partial charge in [-0.15, -0.1) is 0 Å². The molecule has 104 valence electrons. The van der Waals surface area contributed by atoms with E-state index in [1.807, 2.05) is 36.1 Å². The minimum atomic E-state index is -0.268. The summed E-state index contributed by atoms with van der Waals surface area (Å²) in [5.74, 6) is -0.268. The molecule has 0 aliphatic rings. The standard InChI is InChI=1S/C14H15FN4S/c1-4-18-13-12(9(3)17-18)16-14(20)19(13)11-6-8(2)5-10(15)7-11/h5-7H,4H2,1-3H3,(H,16,20). The number of fused-ring (bicyclic) bond motifs is 1. The van der Waals surface area contributed by atoms with Crippen molar-refractivity contribution in [3.8, 4) is 5.69 Å². The van der Waals surface area contributed by atoms with Crippen LogP contribution in [0.2, 0.25) is 0 Å². The van der Waals surface area contributed by atoms with Crippen LogP contribution < -0.4 is 0 Å². The van der Waals surface area contributed by atoms with Crippen LogP contribution in [0.5, 0.6) is 0 Å². The molecule has 0 unspecified atom stereocenters. The van der Waals surface area contributed by atoms with Gasteiger partial charge in [0.15, 0.2) is 10.4 Å². The Bertz CT molecular complexity index is 836. The number of nitrogens with zero attached hydrogens (tertiary/aromatic N) is 3. The fraction of sp³-hybridized carbons (Fsp3) is 0.286. The summed E-state index contributed by atoms with van der Waals surface area (Å²) in [6.07, 6.45) is 0. The number of rotatable bonds is 2. The van der Waals surface area contributed by atoms with Crippen molar-refractivity contribution in [3.05, 3.63) is 40.0 Å². The van der Waals surface area contributed by atoms with E-state index in [1.54, 1.807) is 0 Å². The molecule has 3 rings (SSSR count). The van der Waals surface area contributed by atoms with Crippen molar-refractivity contribution < 1.29 is 4.39 Å². The molecule has 0 saturated heterocycles. The molecule has 0 aliphatic heterocycles. The number of H-pyrrole nitrogens is 1. The Labute approximate surface area is 120 Å². The van der Waals surface area contributed by atoms with Crippen molar-refractivity contribution in [2.45, 2.75) is 27.3 Å². The van der Waals surface area contributed by atoms with Crippen molar-refractivity contribution >= 4 is 23.4 Å². The van der Waals surface area contributed by atoms with Crippen LogP contribution in [0.1, 0.15) is 18.2 Å². The average Bonchev–Trinajstić information content (AvgIpc) is 2.85. The number of hydrogen-bond donors (Lipinski definition) is 1. The number of hydrogen-bond acceptors (Lipinski definition) is 2. The van der Waals surface area contributed by atoms with E-state index in [0.29, 0.717) is 10.5 Å². The van der Waals surface area contributed by atoms with Gasteiger partial charge < -0.3 is 4.98 Å². The fourth-order valence-corrected chi connectivity index (χ4v) is 2.80. The molecule has 0 bridgehead atoms. The molecule has 2 aromatic heterocycles. The Hall–Kier alpha value is -1.95. The normalized spacial score (nSPS) is 11.4. The van der Waals surface area contributed by atoms with E-state index >= 15 is 0 Å². The molecule has 4 nitrogen and oxygen atoms in total. The highest BCUT2D eigenvalue weighted by Crippen LogP contribution is 2.23. The highest BCUT2D eigenvalue weighted by atomic mass is 32.1. The van der Waals surface area contributed by atoms with Gasteiger partial charge >= 0.3 is 0 Å². The van der Waals surface area contributed by atoms with Crippen molar-refractivity contribution in [2.75, 3.05) is 0 Å². The van der Waals surface area contributed by atoms with Gasteiger partial charge in [0.25, 0.3) is 0 Å². The average molecular weight is 290 g/mol. The van der Waals surface area contributed by atoms with E-state index in [4.69, 9.17) is 12.2 Å². The Kier molecular flexibility index (Phi) is 2.97. The molecule has 3 aromatic rings. The molecule has 0 amide bonds. The number of aromatic amines is 1. The number of aryl methyl sites for hydroxylation is 3. The van der Waals surface area contributed by atoms with Gasteiger partial charge in [-0.1, -0.05) is 0 Å². The maximum atomic E-state index is 13.7. The minimum absolute atomic E-state index is 0.268. The van der Waals surface area contributed by atoms with Crippen LogP contribution >= 0.6 is 12.2 Å². The van der Waals surface area contributed by atoms with E-state index in [0.717, 1.165) is 29.0 Å². The zero-order valence-corrected chi connectivity index (χ0v) is 12.4. The minimum Gasteiger partial charge on any atom is -0.327 e. The summed E-state index contributed by atoms with van der Waals surface area (Å²) in [4.78, 5) is 3.16. The van der Waals surface area contributed by atoms with Crippen LogP contribution in [0.4, 0.5) is 4.39 Å². The maximum absolute atomic E-state index is 13.7. The number of benzene rings is 1. The lowest BCUT2D eigenvalue weighted by Gasteiger charge is -2.07. The third-order valence-electron chi connectivity index (χ3n) is 3.33. The lowest BCUT2D eigenvalue weighted by molar-refractivity contribution is 0.624. The molecule has 6 heteroatoms. The van der Waals surface area contributed by atoms with E-state index in [2.05, 4.69) is 10.1 Å². The summed E-state index contributed by atoms with van der Waals surface area (Å²) in [5.41, 5.74) is 4.24. The van der Waals surface area contributed by atoms with Gasteiger partial charge in [0, 0.05) is 6.54 Å². The molecule has 2 heterocycles. The molecule has 20 heavy (non-hydrogen) atoms. The summed E-state index contributed by atoms with van der Waals surface area (Å²) < 4.78 is 17.9. The number of halogens is 1. The summed E-state index contributed by atoms with van der Waals surface area (Å²) >= 11 is 5.39. The predicted molar refractivity (Wildman–Crippen MR) is 79.4 cm³/mol. The molecular formula is C14H15FN4S. The molecule has 0 spiro atoms. The largest absolute Gasteiger partial charge is 0.327 e. The van der Waals surface area contributed by atoms with Gasteiger partial charge in [0.1, 0.15) is 11.3 Å². The smallest absolute Gasteiger partial charge is 0.184 e. The third-order valence-corrected chi connectivity index (χ3v) is 3.62. The maximum Gasteiger partial charge on any atom is 0.184 e. The number of aromatic nitrogens is 4. The van der Waals surface area contributed by atoms with Gasteiger partial charge in [-0.3, -0.25) is 4.57 Å². The summed E-state index contributed by atoms with van der Waals surface area (Å²) in [6.45, 7) is 6.54. The Morgan fingerprint density at radius 1 is 1.30 bits per heavy atom. The van der Waals surface area contributed by atoms with E-state index in [1.165, 1.54) is 12.1 Å². The quantitative estimate of drug-likeness (QED) is 0.731. The van der Waals surface area contributed by atoms with Crippen LogP contribution in [0.3, 0.4) is 0 Å². The Morgan fingerprint density at radius 2 is 2.05 bits per heavy atom. The van der Waals surface area contributed by atoms with E-state index in [9.17, 15) is 4.39 Å². The van der Waals surface area contributed by atoms with Gasteiger partial charge in [-0.05, 0) is 56.8 Å². The van der Waals surface area contributed by atoms with Crippen LogP contribution in [0, 0.1) is 24.4 Å². The first-order chi connectivity index (χ1) is 9.51. The third kappa shape index (κ3) is 1.87. The van der Waals surface area contributed by atoms with E-state index < -0.39 is 0 Å². The molecular weight excluding hydrogens is 275 g/mol. The predicted octanol–water partition coefficient (Wildman–Crippen LogP) is 3.66. The van der Waals surface area contributed by atoms with Gasteiger partial charge in [0.05, 0.1) is 11.4 Å². The molecule has 0 fully saturated rings. The fourth-order valence-electron chi connectivity index (χ4n) is 2.51. The second kappa shape index (κ2) is 4.56. The van der Waals surface area contributed by atoms with Crippen molar-refractivity contribution in [1.82, 2.24) is 19.3 Å². The molecule has 0 aliphatic carbocycles.